The second kappa shape index (κ2) is 24.1. The summed E-state index contributed by atoms with van der Waals surface area (Å²) in [6.07, 6.45) is 23.4. The molecule has 0 aromatic rings. The summed E-state index contributed by atoms with van der Waals surface area (Å²) in [5.74, 6) is 0. The molecule has 0 saturated heterocycles. The fourth-order valence-corrected chi connectivity index (χ4v) is 2.62. The summed E-state index contributed by atoms with van der Waals surface area (Å²) < 4.78 is 8.06. The normalized spacial score (nSPS) is 10.1. The average Bonchev–Trinajstić information content (AvgIpc) is 2.50. The van der Waals surface area contributed by atoms with Crippen LogP contribution in [0.2, 0.25) is 0 Å². The van der Waals surface area contributed by atoms with Crippen LogP contribution in [0.1, 0.15) is 117 Å². The van der Waals surface area contributed by atoms with Gasteiger partial charge in [-0.05, 0) is 0 Å². The third-order valence-corrected chi connectivity index (χ3v) is 3.96. The first-order valence-electron chi connectivity index (χ1n) is 9.12. The maximum Gasteiger partial charge on any atom is 0.381 e. The molecule has 0 rings (SSSR count). The maximum atomic E-state index is 8.06. The highest BCUT2D eigenvalue weighted by Gasteiger charge is 1.93. The fraction of sp³-hybridized carbons (Fsp3) is 1.00. The van der Waals surface area contributed by atoms with Gasteiger partial charge in [-0.25, -0.2) is 0 Å². The van der Waals surface area contributed by atoms with Crippen LogP contribution < -0.4 is 0 Å². The lowest BCUT2D eigenvalue weighted by atomic mass is 10.0. The van der Waals surface area contributed by atoms with Gasteiger partial charge in [0.25, 0.3) is 0 Å². The van der Waals surface area contributed by atoms with Crippen LogP contribution in [-0.4, -0.2) is 10.1 Å². The molecule has 0 spiro atoms. The number of unbranched alkanes of at least 4 members (excludes halogenated alkanes) is 15. The molecule has 0 bridgehead atoms. The smallest absolute Gasteiger partial charge is 0.381 e. The van der Waals surface area contributed by atoms with Crippen LogP contribution in [0.5, 0.6) is 0 Å². The van der Waals surface area contributed by atoms with Crippen LogP contribution in [-0.2, 0) is 4.46 Å². The zero-order chi connectivity index (χ0) is 15.3. The first kappa shape index (κ1) is 22.3. The van der Waals surface area contributed by atoms with Crippen molar-refractivity contribution in [3.8, 4) is 0 Å². The monoisotopic (exact) mass is 298 g/mol. The van der Waals surface area contributed by atoms with Gasteiger partial charge in [0.1, 0.15) is 0 Å². The van der Waals surface area contributed by atoms with E-state index in [4.69, 9.17) is 4.46 Å². The average molecular weight is 299 g/mol. The van der Waals surface area contributed by atoms with E-state index in [1.54, 1.807) is 10.1 Å². The van der Waals surface area contributed by atoms with E-state index in [9.17, 15) is 0 Å². The lowest BCUT2D eigenvalue weighted by Crippen LogP contribution is -1.83. The second-order valence-corrected chi connectivity index (χ2v) is 5.95. The maximum absolute atomic E-state index is 8.06. The molecule has 2 radical (unpaired) electrons. The molecule has 0 saturated carbocycles. The van der Waals surface area contributed by atoms with E-state index in [2.05, 4.69) is 13.8 Å². The molecule has 0 fully saturated rings. The minimum Gasteiger partial charge on any atom is -0.381 e. The summed E-state index contributed by atoms with van der Waals surface area (Å²) in [7, 11) is 1.72. The van der Waals surface area contributed by atoms with Gasteiger partial charge in [-0.2, -0.15) is 0 Å². The van der Waals surface area contributed by atoms with Gasteiger partial charge < -0.3 is 4.46 Å². The van der Waals surface area contributed by atoms with Crippen LogP contribution in [0.25, 0.3) is 0 Å². The molecule has 120 valence electrons. The highest BCUT2D eigenvalue weighted by molar-refractivity contribution is 5.85. The number of hydrogen-bond donors (Lipinski definition) is 0. The van der Waals surface area contributed by atoms with Crippen molar-refractivity contribution in [2.45, 2.75) is 117 Å². The molecule has 0 aromatic carbocycles. The summed E-state index contributed by atoms with van der Waals surface area (Å²) >= 11 is 0. The zero-order valence-electron chi connectivity index (χ0n) is 14.2. The van der Waals surface area contributed by atoms with Crippen LogP contribution in [0, 0.1) is 0 Å². The largest absolute Gasteiger partial charge is 0.381 e. The third kappa shape index (κ3) is 23.1. The second-order valence-electron chi connectivity index (χ2n) is 5.95. The Morgan fingerprint density at radius 1 is 0.400 bits per heavy atom. The molecule has 1 nitrogen and oxygen atoms in total. The van der Waals surface area contributed by atoms with Crippen LogP contribution >= 0.6 is 0 Å². The molecule has 0 N–H and O–H groups in total. The first-order valence-corrected chi connectivity index (χ1v) is 9.53. The molecule has 0 aliphatic heterocycles. The minimum atomic E-state index is 1.37. The Morgan fingerprint density at radius 3 is 0.700 bits per heavy atom. The van der Waals surface area contributed by atoms with Gasteiger partial charge >= 0.3 is 10.1 Å². The van der Waals surface area contributed by atoms with Crippen molar-refractivity contribution in [3.63, 3.8) is 0 Å². The van der Waals surface area contributed by atoms with Crippen LogP contribution in [0.15, 0.2) is 0 Å². The standard InChI is InChI=1S/C18H38.OSi/c1-3-5-7-9-11-13-15-17-18-16-14-12-10-8-6-4-2;1-2/h3-18H2,1-2H3;. The van der Waals surface area contributed by atoms with Gasteiger partial charge in [0, 0.05) is 0 Å². The SMILES string of the molecule is CCCCCCCCCCCCCCCCCC.O=[Si]. The van der Waals surface area contributed by atoms with E-state index in [-0.39, 0.29) is 0 Å². The summed E-state index contributed by atoms with van der Waals surface area (Å²) in [4.78, 5) is 0. The van der Waals surface area contributed by atoms with E-state index in [1.807, 2.05) is 0 Å². The van der Waals surface area contributed by atoms with Crippen molar-refractivity contribution in [2.75, 3.05) is 0 Å². The van der Waals surface area contributed by atoms with Crippen LogP contribution in [0.3, 0.4) is 0 Å². The predicted octanol–water partition coefficient (Wildman–Crippen LogP) is 6.77. The minimum absolute atomic E-state index is 1.37. The Morgan fingerprint density at radius 2 is 0.550 bits per heavy atom. The lowest BCUT2D eigenvalue weighted by Gasteiger charge is -2.03. The Labute approximate surface area is 131 Å². The fourth-order valence-electron chi connectivity index (χ4n) is 2.62. The Kier molecular flexibility index (Phi) is 26.8. The molecule has 0 heterocycles. The van der Waals surface area contributed by atoms with E-state index < -0.39 is 0 Å². The molecule has 0 unspecified atom stereocenters. The summed E-state index contributed by atoms with van der Waals surface area (Å²) in [5.41, 5.74) is 0. The van der Waals surface area contributed by atoms with Crippen molar-refractivity contribution in [1.29, 1.82) is 0 Å². The van der Waals surface area contributed by atoms with Crippen molar-refractivity contribution >= 4 is 10.1 Å². The van der Waals surface area contributed by atoms with E-state index in [0.29, 0.717) is 0 Å². The zero-order valence-corrected chi connectivity index (χ0v) is 15.2. The van der Waals surface area contributed by atoms with E-state index >= 15 is 0 Å². The lowest BCUT2D eigenvalue weighted by molar-refractivity contribution is 0.531. The highest BCUT2D eigenvalue weighted by atomic mass is 28.1. The van der Waals surface area contributed by atoms with Gasteiger partial charge in [-0.1, -0.05) is 117 Å². The summed E-state index contributed by atoms with van der Waals surface area (Å²) in [5, 5.41) is 0. The van der Waals surface area contributed by atoms with Gasteiger partial charge in [0.15, 0.2) is 0 Å². The van der Waals surface area contributed by atoms with Crippen molar-refractivity contribution in [3.05, 3.63) is 0 Å². The van der Waals surface area contributed by atoms with Crippen molar-refractivity contribution in [1.82, 2.24) is 0 Å². The molecule has 0 atom stereocenters. The number of rotatable bonds is 15. The summed E-state index contributed by atoms with van der Waals surface area (Å²) in [6.45, 7) is 4.59. The Bertz CT molecular complexity index is 134. The van der Waals surface area contributed by atoms with Gasteiger partial charge in [-0.3, -0.25) is 0 Å². The number of hydrogen-bond acceptors (Lipinski definition) is 1. The predicted molar refractivity (Wildman–Crippen MR) is 91.7 cm³/mol. The topological polar surface area (TPSA) is 17.1 Å². The molecular weight excluding hydrogens is 260 g/mol. The highest BCUT2D eigenvalue weighted by Crippen LogP contribution is 2.13. The van der Waals surface area contributed by atoms with E-state index in [0.717, 1.165) is 0 Å². The van der Waals surface area contributed by atoms with Crippen molar-refractivity contribution in [2.24, 2.45) is 0 Å². The van der Waals surface area contributed by atoms with Gasteiger partial charge in [0.05, 0.1) is 0 Å². The first-order chi connectivity index (χ1) is 9.91. The molecular formula is C18H38OSi. The van der Waals surface area contributed by atoms with Crippen LogP contribution in [0.4, 0.5) is 0 Å². The quantitative estimate of drug-likeness (QED) is 0.241. The Balaban J connectivity index is 0. The molecule has 0 aliphatic carbocycles. The molecule has 0 amide bonds. The Hall–Kier alpha value is 0.0169. The molecule has 20 heavy (non-hydrogen) atoms. The third-order valence-electron chi connectivity index (χ3n) is 3.96. The molecule has 0 aromatic heterocycles. The molecule has 2 heteroatoms. The summed E-state index contributed by atoms with van der Waals surface area (Å²) in [6, 6.07) is 0. The van der Waals surface area contributed by atoms with Gasteiger partial charge in [-0.15, -0.1) is 0 Å². The van der Waals surface area contributed by atoms with Crippen molar-refractivity contribution < 1.29 is 4.46 Å². The van der Waals surface area contributed by atoms with E-state index in [1.165, 1.54) is 103 Å². The molecule has 0 aliphatic rings. The van der Waals surface area contributed by atoms with Gasteiger partial charge in [0.2, 0.25) is 0 Å².